The van der Waals surface area contributed by atoms with Gasteiger partial charge >= 0.3 is 5.97 Å². The number of carboxylic acids is 1. The molecule has 1 N–H and O–H groups in total. The Morgan fingerprint density at radius 2 is 1.93 bits per heavy atom. The van der Waals surface area contributed by atoms with Gasteiger partial charge in [0.25, 0.3) is 0 Å². The van der Waals surface area contributed by atoms with E-state index in [2.05, 4.69) is 12.1 Å². The molecule has 29 heavy (non-hydrogen) atoms. The molecule has 2 aromatic rings. The van der Waals surface area contributed by atoms with Gasteiger partial charge < -0.3 is 19.3 Å². The zero-order valence-electron chi connectivity index (χ0n) is 17.1. The van der Waals surface area contributed by atoms with E-state index < -0.39 is 17.5 Å². The van der Waals surface area contributed by atoms with Crippen LogP contribution in [0.3, 0.4) is 0 Å². The smallest absolute Gasteiger partial charge is 0.309 e. The highest BCUT2D eigenvalue weighted by Gasteiger charge is 2.52. The van der Waals surface area contributed by atoms with Crippen LogP contribution in [0, 0.1) is 11.8 Å². The van der Waals surface area contributed by atoms with Gasteiger partial charge in [0.1, 0.15) is 5.60 Å². The number of aryl methyl sites for hydroxylation is 1. The lowest BCUT2D eigenvalue weighted by Gasteiger charge is -2.50. The minimum atomic E-state index is -0.797. The normalized spacial score (nSPS) is 27.3. The lowest BCUT2D eigenvalue weighted by molar-refractivity contribution is -0.188. The molecule has 0 radical (unpaired) electrons. The maximum atomic E-state index is 12.1. The van der Waals surface area contributed by atoms with Gasteiger partial charge in [-0.25, -0.2) is 0 Å². The third-order valence-corrected chi connectivity index (χ3v) is 6.31. The van der Waals surface area contributed by atoms with E-state index in [1.165, 1.54) is 5.56 Å². The van der Waals surface area contributed by atoms with Crippen LogP contribution in [-0.2, 0) is 16.0 Å². The van der Waals surface area contributed by atoms with Crippen molar-refractivity contribution in [2.24, 2.45) is 11.8 Å². The number of ether oxygens (including phenoxy) is 3. The van der Waals surface area contributed by atoms with E-state index in [4.69, 9.17) is 14.2 Å². The highest BCUT2D eigenvalue weighted by Crippen LogP contribution is 2.54. The first-order chi connectivity index (χ1) is 13.9. The molecule has 0 aromatic heterocycles. The van der Waals surface area contributed by atoms with Crippen molar-refractivity contribution in [3.63, 3.8) is 0 Å². The molecular weight excluding hydrogens is 368 g/mol. The molecule has 0 aliphatic carbocycles. The van der Waals surface area contributed by atoms with Crippen LogP contribution in [0.2, 0.25) is 0 Å². The fraction of sp³-hybridized carbons (Fsp3) is 0.458. The zero-order chi connectivity index (χ0) is 20.6. The maximum Gasteiger partial charge on any atom is 0.309 e. The van der Waals surface area contributed by atoms with Crippen molar-refractivity contribution in [3.8, 4) is 11.5 Å². The van der Waals surface area contributed by atoms with Crippen LogP contribution >= 0.6 is 0 Å². The van der Waals surface area contributed by atoms with Gasteiger partial charge in [0, 0.05) is 11.5 Å². The number of carbonyl (C=O) groups is 1. The van der Waals surface area contributed by atoms with Gasteiger partial charge in [0.05, 0.1) is 25.2 Å². The molecule has 2 aromatic carbocycles. The highest BCUT2D eigenvalue weighted by molar-refractivity contribution is 5.71. The number of hydrogen-bond donors (Lipinski definition) is 1. The molecule has 5 nitrogen and oxygen atoms in total. The Bertz CT molecular complexity index is 876. The van der Waals surface area contributed by atoms with Crippen molar-refractivity contribution < 1.29 is 24.1 Å². The third kappa shape index (κ3) is 3.71. The molecule has 2 heterocycles. The molecule has 0 saturated carbocycles. The summed E-state index contributed by atoms with van der Waals surface area (Å²) < 4.78 is 18.3. The Labute approximate surface area is 171 Å². The number of fused-ring (bicyclic) bond motifs is 3. The Kier molecular flexibility index (Phi) is 5.26. The summed E-state index contributed by atoms with van der Waals surface area (Å²) in [5.74, 6) is -0.00409. The molecule has 4 atom stereocenters. The Balaban J connectivity index is 1.65. The van der Waals surface area contributed by atoms with E-state index in [0.29, 0.717) is 24.3 Å². The van der Waals surface area contributed by atoms with Crippen LogP contribution in [-0.4, -0.2) is 29.9 Å². The highest BCUT2D eigenvalue weighted by atomic mass is 16.5. The van der Waals surface area contributed by atoms with Gasteiger partial charge in [-0.1, -0.05) is 42.5 Å². The molecule has 1 saturated heterocycles. The van der Waals surface area contributed by atoms with Gasteiger partial charge in [0.2, 0.25) is 0 Å². The van der Waals surface area contributed by atoms with Crippen molar-refractivity contribution in [2.75, 3.05) is 7.11 Å². The van der Waals surface area contributed by atoms with Crippen molar-refractivity contribution in [1.29, 1.82) is 0 Å². The van der Waals surface area contributed by atoms with Crippen LogP contribution in [0.25, 0.3) is 0 Å². The summed E-state index contributed by atoms with van der Waals surface area (Å²) >= 11 is 0. The molecular formula is C24H28O5. The minimum Gasteiger partial charge on any atom is -0.493 e. The summed E-state index contributed by atoms with van der Waals surface area (Å²) in [6.07, 6.45) is 1.44. The number of methoxy groups -OCH3 is 1. The topological polar surface area (TPSA) is 65.0 Å². The number of carboxylic acid groups (broad SMARTS) is 1. The molecule has 0 unspecified atom stereocenters. The molecule has 5 heteroatoms. The predicted octanol–water partition coefficient (Wildman–Crippen LogP) is 4.65. The summed E-state index contributed by atoms with van der Waals surface area (Å²) in [6.45, 7) is 4.01. The fourth-order valence-electron chi connectivity index (χ4n) is 4.71. The molecule has 4 rings (SSSR count). The summed E-state index contributed by atoms with van der Waals surface area (Å²) in [7, 11) is 1.63. The molecule has 2 aliphatic rings. The van der Waals surface area contributed by atoms with E-state index in [1.54, 1.807) is 7.11 Å². The minimum absolute atomic E-state index is 0.0452. The molecule has 154 valence electrons. The number of aliphatic carboxylic acids is 1. The van der Waals surface area contributed by atoms with Gasteiger partial charge in [-0.15, -0.1) is 0 Å². The number of hydrogen-bond acceptors (Lipinski definition) is 4. The molecule has 1 fully saturated rings. The van der Waals surface area contributed by atoms with Gasteiger partial charge in [0.15, 0.2) is 11.5 Å². The number of para-hydroxylation sites is 1. The second-order valence-electron chi connectivity index (χ2n) is 8.49. The van der Waals surface area contributed by atoms with Crippen molar-refractivity contribution in [3.05, 3.63) is 59.7 Å². The predicted molar refractivity (Wildman–Crippen MR) is 109 cm³/mol. The monoisotopic (exact) mass is 396 g/mol. The first-order valence-corrected chi connectivity index (χ1v) is 10.2. The summed E-state index contributed by atoms with van der Waals surface area (Å²) in [5, 5.41) is 9.90. The average Bonchev–Trinajstić information content (AvgIpc) is 2.71. The Morgan fingerprint density at radius 3 is 2.62 bits per heavy atom. The quantitative estimate of drug-likeness (QED) is 0.797. The van der Waals surface area contributed by atoms with Crippen LogP contribution in [0.4, 0.5) is 0 Å². The average molecular weight is 396 g/mol. The standard InChI is InChI=1S/C24H28O5/c1-24(2)18-14-17(23(25)26)19(13-12-15-8-5-4-6-9-15)28-21(18)16-10-7-11-20(27-3)22(16)29-24/h4-11,17-19,21H,12-14H2,1-3H3,(H,25,26)/t17-,18+,19+,21-/m1/s1. The number of benzene rings is 2. The van der Waals surface area contributed by atoms with Crippen molar-refractivity contribution >= 4 is 5.97 Å². The summed E-state index contributed by atoms with van der Waals surface area (Å²) in [6, 6.07) is 15.9. The Morgan fingerprint density at radius 1 is 1.17 bits per heavy atom. The Hall–Kier alpha value is -2.53. The van der Waals surface area contributed by atoms with E-state index in [1.807, 2.05) is 50.2 Å². The summed E-state index contributed by atoms with van der Waals surface area (Å²) in [4.78, 5) is 12.1. The lowest BCUT2D eigenvalue weighted by atomic mass is 9.71. The van der Waals surface area contributed by atoms with E-state index in [0.717, 1.165) is 12.0 Å². The lowest BCUT2D eigenvalue weighted by Crippen LogP contribution is -2.52. The van der Waals surface area contributed by atoms with Crippen LogP contribution in [0.15, 0.2) is 48.5 Å². The second-order valence-corrected chi connectivity index (χ2v) is 8.49. The van der Waals surface area contributed by atoms with Gasteiger partial charge in [-0.2, -0.15) is 0 Å². The van der Waals surface area contributed by atoms with Crippen molar-refractivity contribution in [2.45, 2.75) is 50.9 Å². The first-order valence-electron chi connectivity index (χ1n) is 10.2. The maximum absolute atomic E-state index is 12.1. The van der Waals surface area contributed by atoms with E-state index in [9.17, 15) is 9.90 Å². The fourth-order valence-corrected chi connectivity index (χ4v) is 4.71. The van der Waals surface area contributed by atoms with Gasteiger partial charge in [-0.3, -0.25) is 4.79 Å². The van der Waals surface area contributed by atoms with Crippen molar-refractivity contribution in [1.82, 2.24) is 0 Å². The van der Waals surface area contributed by atoms with E-state index in [-0.39, 0.29) is 18.1 Å². The summed E-state index contributed by atoms with van der Waals surface area (Å²) in [5.41, 5.74) is 1.59. The molecule has 0 amide bonds. The van der Waals surface area contributed by atoms with Crippen LogP contribution < -0.4 is 9.47 Å². The SMILES string of the molecule is COc1cccc2c1OC(C)(C)[C@H]1C[C@@H](C(=O)O)[C@H](CCc3ccccc3)O[C@H]21. The first kappa shape index (κ1) is 19.8. The van der Waals surface area contributed by atoms with Crippen LogP contribution in [0.5, 0.6) is 11.5 Å². The van der Waals surface area contributed by atoms with E-state index >= 15 is 0 Å². The number of rotatable bonds is 5. The molecule has 0 bridgehead atoms. The largest absolute Gasteiger partial charge is 0.493 e. The third-order valence-electron chi connectivity index (χ3n) is 6.31. The van der Waals surface area contributed by atoms with Gasteiger partial charge in [-0.05, 0) is 44.7 Å². The molecule has 2 aliphatic heterocycles. The van der Waals surface area contributed by atoms with Crippen LogP contribution in [0.1, 0.15) is 43.9 Å². The molecule has 0 spiro atoms. The second kappa shape index (κ2) is 7.71. The zero-order valence-corrected chi connectivity index (χ0v) is 17.1.